The van der Waals surface area contributed by atoms with Crippen LogP contribution in [0.5, 0.6) is 0 Å². The number of amides is 3. The molecule has 0 radical (unpaired) electrons. The van der Waals surface area contributed by atoms with Gasteiger partial charge in [0.15, 0.2) is 5.76 Å². The third-order valence-electron chi connectivity index (χ3n) is 4.77. The number of fused-ring (bicyclic) bond motifs is 1. The van der Waals surface area contributed by atoms with Gasteiger partial charge in [0.25, 0.3) is 5.91 Å². The van der Waals surface area contributed by atoms with Crippen molar-refractivity contribution in [2.75, 3.05) is 27.8 Å². The highest BCUT2D eigenvalue weighted by atomic mass is 32.2. The zero-order valence-electron chi connectivity index (χ0n) is 16.7. The number of para-hydroxylation sites is 1. The van der Waals surface area contributed by atoms with Crippen molar-refractivity contribution in [3.63, 3.8) is 0 Å². The van der Waals surface area contributed by atoms with Gasteiger partial charge >= 0.3 is 0 Å². The van der Waals surface area contributed by atoms with Crippen LogP contribution in [0, 0.1) is 0 Å². The van der Waals surface area contributed by atoms with Crippen LogP contribution in [0.15, 0.2) is 76.2 Å². The van der Waals surface area contributed by atoms with E-state index in [9.17, 15) is 14.4 Å². The van der Waals surface area contributed by atoms with Crippen LogP contribution in [0.1, 0.15) is 23.4 Å². The number of hydrogen-bond acceptors (Lipinski definition) is 5. The Morgan fingerprint density at radius 1 is 0.903 bits per heavy atom. The first-order chi connectivity index (χ1) is 15.1. The number of anilines is 3. The molecule has 1 aliphatic rings. The van der Waals surface area contributed by atoms with Crippen molar-refractivity contribution in [1.82, 2.24) is 0 Å². The Balaban J connectivity index is 1.27. The maximum absolute atomic E-state index is 12.7. The Morgan fingerprint density at radius 2 is 1.65 bits per heavy atom. The van der Waals surface area contributed by atoms with Gasteiger partial charge in [-0.1, -0.05) is 12.1 Å². The van der Waals surface area contributed by atoms with Crippen LogP contribution in [-0.4, -0.2) is 30.0 Å². The van der Waals surface area contributed by atoms with E-state index < -0.39 is 0 Å². The van der Waals surface area contributed by atoms with Crippen LogP contribution in [0.2, 0.25) is 0 Å². The molecule has 7 nitrogen and oxygen atoms in total. The molecule has 0 spiro atoms. The predicted octanol–water partition coefficient (Wildman–Crippen LogP) is 4.39. The van der Waals surface area contributed by atoms with E-state index in [2.05, 4.69) is 10.6 Å². The summed E-state index contributed by atoms with van der Waals surface area (Å²) in [5, 5.41) is 5.49. The zero-order valence-corrected chi connectivity index (χ0v) is 17.5. The number of rotatable bonds is 6. The van der Waals surface area contributed by atoms with Gasteiger partial charge in [0.1, 0.15) is 0 Å². The number of nitrogens with zero attached hydrogens (tertiary/aromatic N) is 1. The fourth-order valence-corrected chi connectivity index (χ4v) is 4.24. The predicted molar refractivity (Wildman–Crippen MR) is 120 cm³/mol. The molecular weight excluding hydrogens is 414 g/mol. The molecule has 31 heavy (non-hydrogen) atoms. The molecule has 0 fully saturated rings. The summed E-state index contributed by atoms with van der Waals surface area (Å²) in [5.41, 5.74) is 2.08. The van der Waals surface area contributed by atoms with Crippen molar-refractivity contribution in [2.45, 2.75) is 17.7 Å². The average molecular weight is 436 g/mol. The van der Waals surface area contributed by atoms with E-state index in [0.29, 0.717) is 17.9 Å². The average Bonchev–Trinajstić information content (AvgIpc) is 3.34. The molecule has 2 aromatic carbocycles. The molecule has 3 amide bonds. The molecule has 3 aromatic rings. The van der Waals surface area contributed by atoms with Gasteiger partial charge in [0.2, 0.25) is 11.8 Å². The number of nitrogens with one attached hydrogen (secondary N) is 2. The maximum atomic E-state index is 12.7. The van der Waals surface area contributed by atoms with Crippen LogP contribution in [0.3, 0.4) is 0 Å². The molecule has 0 unspecified atom stereocenters. The molecule has 8 heteroatoms. The number of hydrogen-bond donors (Lipinski definition) is 2. The lowest BCUT2D eigenvalue weighted by atomic mass is 10.2. The molecule has 2 heterocycles. The van der Waals surface area contributed by atoms with Crippen LogP contribution in [-0.2, 0) is 9.59 Å². The first-order valence-corrected chi connectivity index (χ1v) is 10.9. The zero-order chi connectivity index (χ0) is 21.6. The highest BCUT2D eigenvalue weighted by molar-refractivity contribution is 7.99. The second-order valence-corrected chi connectivity index (χ2v) is 8.06. The minimum Gasteiger partial charge on any atom is -0.459 e. The minimum absolute atomic E-state index is 0.0566. The van der Waals surface area contributed by atoms with Crippen molar-refractivity contribution in [3.8, 4) is 0 Å². The first-order valence-electron chi connectivity index (χ1n) is 9.87. The minimum atomic E-state index is -0.349. The summed E-state index contributed by atoms with van der Waals surface area (Å²) in [7, 11) is 0. The van der Waals surface area contributed by atoms with Gasteiger partial charge in [0, 0.05) is 41.4 Å². The van der Waals surface area contributed by atoms with Crippen molar-refractivity contribution in [3.05, 3.63) is 72.7 Å². The van der Waals surface area contributed by atoms with Crippen LogP contribution in [0.25, 0.3) is 0 Å². The molecule has 158 valence electrons. The summed E-state index contributed by atoms with van der Waals surface area (Å²) in [4.78, 5) is 39.8. The molecule has 1 aromatic heterocycles. The third kappa shape index (κ3) is 5.16. The second kappa shape index (κ2) is 9.53. The van der Waals surface area contributed by atoms with Gasteiger partial charge in [-0.25, -0.2) is 0 Å². The summed E-state index contributed by atoms with van der Waals surface area (Å²) >= 11 is 1.74. The third-order valence-corrected chi connectivity index (χ3v) is 5.81. The summed E-state index contributed by atoms with van der Waals surface area (Å²) in [6, 6.07) is 17.8. The van der Waals surface area contributed by atoms with E-state index in [4.69, 9.17) is 4.42 Å². The smallest absolute Gasteiger partial charge is 0.291 e. The van der Waals surface area contributed by atoms with E-state index in [0.717, 1.165) is 16.3 Å². The molecule has 0 atom stereocenters. The standard InChI is InChI=1S/C23H21N3O4S/c27-21(11-12-22(28)26-13-15-31-20-6-2-1-4-18(20)26)24-16-7-9-17(10-8-16)25-23(29)19-5-3-14-30-19/h1-10,14H,11-13,15H2,(H,24,27)(H,25,29). The molecule has 0 saturated carbocycles. The van der Waals surface area contributed by atoms with Gasteiger partial charge in [-0.2, -0.15) is 0 Å². The molecule has 0 aliphatic carbocycles. The molecule has 0 bridgehead atoms. The Labute approximate surface area is 183 Å². The largest absolute Gasteiger partial charge is 0.459 e. The van der Waals surface area contributed by atoms with E-state index in [1.165, 1.54) is 6.26 Å². The molecule has 4 rings (SSSR count). The Kier molecular flexibility index (Phi) is 6.37. The molecule has 1 aliphatic heterocycles. The van der Waals surface area contributed by atoms with Gasteiger partial charge in [-0.15, -0.1) is 11.8 Å². The number of carbonyl (C=O) groups is 3. The van der Waals surface area contributed by atoms with Crippen LogP contribution >= 0.6 is 11.8 Å². The SMILES string of the molecule is O=C(CCC(=O)N1CCSc2ccccc21)Nc1ccc(NC(=O)c2ccco2)cc1. The fourth-order valence-electron chi connectivity index (χ4n) is 3.24. The Bertz CT molecular complexity index is 1080. The monoisotopic (exact) mass is 435 g/mol. The van der Waals surface area contributed by atoms with Crippen molar-refractivity contribution >= 4 is 46.5 Å². The highest BCUT2D eigenvalue weighted by Crippen LogP contribution is 2.34. The van der Waals surface area contributed by atoms with Gasteiger partial charge in [-0.05, 0) is 48.5 Å². The quantitative estimate of drug-likeness (QED) is 0.599. The van der Waals surface area contributed by atoms with Gasteiger partial charge < -0.3 is 20.0 Å². The molecule has 0 saturated heterocycles. The summed E-state index contributed by atoms with van der Waals surface area (Å²) < 4.78 is 5.05. The lowest BCUT2D eigenvalue weighted by Crippen LogP contribution is -2.35. The number of thioether (sulfide) groups is 1. The fraction of sp³-hybridized carbons (Fsp3) is 0.174. The van der Waals surface area contributed by atoms with Crippen LogP contribution < -0.4 is 15.5 Å². The number of furan rings is 1. The van der Waals surface area contributed by atoms with E-state index in [-0.39, 0.29) is 36.3 Å². The molecule has 2 N–H and O–H groups in total. The lowest BCUT2D eigenvalue weighted by Gasteiger charge is -2.29. The molecular formula is C23H21N3O4S. The summed E-state index contributed by atoms with van der Waals surface area (Å²) in [6.07, 6.45) is 1.67. The van der Waals surface area contributed by atoms with Gasteiger partial charge in [0.05, 0.1) is 12.0 Å². The van der Waals surface area contributed by atoms with Crippen LogP contribution in [0.4, 0.5) is 17.1 Å². The van der Waals surface area contributed by atoms with Crippen molar-refractivity contribution in [2.24, 2.45) is 0 Å². The van der Waals surface area contributed by atoms with Crippen molar-refractivity contribution < 1.29 is 18.8 Å². The topological polar surface area (TPSA) is 91.7 Å². The summed E-state index contributed by atoms with van der Waals surface area (Å²) in [6.45, 7) is 0.646. The maximum Gasteiger partial charge on any atom is 0.291 e. The van der Waals surface area contributed by atoms with E-state index >= 15 is 0 Å². The Hall–Kier alpha value is -3.52. The summed E-state index contributed by atoms with van der Waals surface area (Å²) in [5.74, 6) is 0.423. The first kappa shape index (κ1) is 20.7. The van der Waals surface area contributed by atoms with E-state index in [1.54, 1.807) is 53.1 Å². The second-order valence-electron chi connectivity index (χ2n) is 6.92. The lowest BCUT2D eigenvalue weighted by molar-refractivity contribution is -0.122. The van der Waals surface area contributed by atoms with Gasteiger partial charge in [-0.3, -0.25) is 14.4 Å². The Morgan fingerprint density at radius 3 is 2.39 bits per heavy atom. The highest BCUT2D eigenvalue weighted by Gasteiger charge is 2.22. The number of carbonyl (C=O) groups excluding carboxylic acids is 3. The van der Waals surface area contributed by atoms with E-state index in [1.807, 2.05) is 24.3 Å². The van der Waals surface area contributed by atoms with Crippen molar-refractivity contribution in [1.29, 1.82) is 0 Å². The normalized spacial score (nSPS) is 12.7. The number of benzene rings is 2.